The molecule has 1 amide bonds. The van der Waals surface area contributed by atoms with Crippen LogP contribution in [-0.2, 0) is 10.4 Å². The molecule has 5 nitrogen and oxygen atoms in total. The van der Waals surface area contributed by atoms with Gasteiger partial charge in [0.15, 0.2) is 0 Å². The van der Waals surface area contributed by atoms with E-state index in [4.69, 9.17) is 9.47 Å². The lowest BCUT2D eigenvalue weighted by molar-refractivity contribution is 0.0381. The zero-order chi connectivity index (χ0) is 19.3. The van der Waals surface area contributed by atoms with Crippen molar-refractivity contribution in [1.29, 1.82) is 0 Å². The van der Waals surface area contributed by atoms with Gasteiger partial charge in [-0.3, -0.25) is 4.79 Å². The molecule has 2 aromatic rings. The van der Waals surface area contributed by atoms with Crippen LogP contribution in [0.2, 0.25) is 0 Å². The first-order valence-corrected chi connectivity index (χ1v) is 9.18. The monoisotopic (exact) mass is 366 g/mol. The number of rotatable bonds is 8. The molecule has 3 rings (SSSR count). The third-order valence-electron chi connectivity index (χ3n) is 4.94. The minimum atomic E-state index is -0.638. The molecule has 27 heavy (non-hydrogen) atoms. The van der Waals surface area contributed by atoms with Crippen LogP contribution in [0.15, 0.2) is 61.2 Å². The highest BCUT2D eigenvalue weighted by molar-refractivity contribution is 6.02. The highest BCUT2D eigenvalue weighted by Crippen LogP contribution is 2.40. The van der Waals surface area contributed by atoms with Gasteiger partial charge in [0.1, 0.15) is 18.0 Å². The lowest BCUT2D eigenvalue weighted by Gasteiger charge is -2.48. The summed E-state index contributed by atoms with van der Waals surface area (Å²) in [6.45, 7) is 7.18. The number of fused-ring (bicyclic) bond motifs is 1. The fraction of sp³-hybridized carbons (Fsp3) is 0.318. The van der Waals surface area contributed by atoms with Crippen LogP contribution in [0.25, 0.3) is 0 Å². The number of hydrogen-bond donors (Lipinski definition) is 1. The molecule has 0 saturated heterocycles. The fourth-order valence-corrected chi connectivity index (χ4v) is 3.56. The molecule has 0 saturated carbocycles. The first-order valence-electron chi connectivity index (χ1n) is 9.18. The second-order valence-electron chi connectivity index (χ2n) is 6.46. The quantitative estimate of drug-likeness (QED) is 0.717. The second kappa shape index (κ2) is 8.27. The van der Waals surface area contributed by atoms with Gasteiger partial charge >= 0.3 is 0 Å². The molecule has 0 radical (unpaired) electrons. The van der Waals surface area contributed by atoms with Crippen molar-refractivity contribution >= 4 is 11.6 Å². The number of nitrogens with one attached hydrogen (secondary N) is 1. The van der Waals surface area contributed by atoms with Gasteiger partial charge in [-0.2, -0.15) is 0 Å². The van der Waals surface area contributed by atoms with Gasteiger partial charge in [0.05, 0.1) is 12.2 Å². The van der Waals surface area contributed by atoms with Crippen LogP contribution < -0.4 is 10.1 Å². The molecule has 0 fully saturated rings. The predicted octanol–water partition coefficient (Wildman–Crippen LogP) is 4.03. The Morgan fingerprint density at radius 2 is 1.93 bits per heavy atom. The van der Waals surface area contributed by atoms with Crippen molar-refractivity contribution in [3.63, 3.8) is 0 Å². The van der Waals surface area contributed by atoms with E-state index in [1.165, 1.54) is 0 Å². The minimum absolute atomic E-state index is 0.00948. The van der Waals surface area contributed by atoms with Crippen molar-refractivity contribution in [2.45, 2.75) is 19.0 Å². The highest BCUT2D eigenvalue weighted by atomic mass is 16.5. The molecule has 2 aromatic carbocycles. The summed E-state index contributed by atoms with van der Waals surface area (Å²) >= 11 is 0. The first-order chi connectivity index (χ1) is 13.2. The molecule has 1 aliphatic rings. The average Bonchev–Trinajstić information content (AvgIpc) is 2.72. The third-order valence-corrected chi connectivity index (χ3v) is 4.94. The molecule has 0 aliphatic carbocycles. The molecule has 1 unspecified atom stereocenters. The van der Waals surface area contributed by atoms with E-state index in [1.54, 1.807) is 13.2 Å². The average molecular weight is 366 g/mol. The van der Waals surface area contributed by atoms with E-state index in [-0.39, 0.29) is 5.91 Å². The summed E-state index contributed by atoms with van der Waals surface area (Å²) in [4.78, 5) is 15.1. The molecular weight excluding hydrogens is 340 g/mol. The van der Waals surface area contributed by atoms with Crippen LogP contribution in [0.1, 0.15) is 29.3 Å². The van der Waals surface area contributed by atoms with Gasteiger partial charge in [-0.05, 0) is 36.2 Å². The SMILES string of the molecule is C=CCOc1ccc(C2(CC)Nc3ccccc3C(=O)N2CCOC)cc1. The van der Waals surface area contributed by atoms with Gasteiger partial charge in [0.25, 0.3) is 5.91 Å². The summed E-state index contributed by atoms with van der Waals surface area (Å²) in [6, 6.07) is 15.5. The lowest BCUT2D eigenvalue weighted by Crippen LogP contribution is -2.58. The molecule has 1 aliphatic heterocycles. The maximum atomic E-state index is 13.3. The summed E-state index contributed by atoms with van der Waals surface area (Å²) in [5.74, 6) is 0.783. The second-order valence-corrected chi connectivity index (χ2v) is 6.46. The van der Waals surface area contributed by atoms with Gasteiger partial charge in [-0.1, -0.05) is 43.8 Å². The van der Waals surface area contributed by atoms with Gasteiger partial charge in [0, 0.05) is 19.3 Å². The van der Waals surface area contributed by atoms with Crippen LogP contribution in [0.4, 0.5) is 5.69 Å². The summed E-state index contributed by atoms with van der Waals surface area (Å²) in [7, 11) is 1.65. The van der Waals surface area contributed by atoms with Crippen LogP contribution in [0, 0.1) is 0 Å². The maximum Gasteiger partial charge on any atom is 0.258 e. The van der Waals surface area contributed by atoms with E-state index in [2.05, 4.69) is 18.8 Å². The van der Waals surface area contributed by atoms with E-state index < -0.39 is 5.66 Å². The van der Waals surface area contributed by atoms with Crippen molar-refractivity contribution in [2.24, 2.45) is 0 Å². The molecule has 0 aromatic heterocycles. The normalized spacial score (nSPS) is 18.6. The Bertz CT molecular complexity index is 803. The fourth-order valence-electron chi connectivity index (χ4n) is 3.56. The molecule has 142 valence electrons. The predicted molar refractivity (Wildman–Crippen MR) is 107 cm³/mol. The minimum Gasteiger partial charge on any atom is -0.490 e. The van der Waals surface area contributed by atoms with Gasteiger partial charge in [0.2, 0.25) is 0 Å². The molecule has 0 spiro atoms. The van der Waals surface area contributed by atoms with E-state index in [1.807, 2.05) is 53.4 Å². The van der Waals surface area contributed by atoms with Crippen molar-refractivity contribution in [3.05, 3.63) is 72.3 Å². The van der Waals surface area contributed by atoms with Gasteiger partial charge < -0.3 is 19.7 Å². The number of hydrogen-bond acceptors (Lipinski definition) is 4. The topological polar surface area (TPSA) is 50.8 Å². The Kier molecular flexibility index (Phi) is 5.81. The smallest absolute Gasteiger partial charge is 0.258 e. The zero-order valence-electron chi connectivity index (χ0n) is 15.9. The molecule has 0 bridgehead atoms. The van der Waals surface area contributed by atoms with Crippen molar-refractivity contribution in [1.82, 2.24) is 4.90 Å². The molecular formula is C22H26N2O3. The summed E-state index contributed by atoms with van der Waals surface area (Å²) in [5.41, 5.74) is 1.91. The number of carbonyl (C=O) groups is 1. The zero-order valence-corrected chi connectivity index (χ0v) is 15.9. The Hall–Kier alpha value is -2.79. The number of nitrogens with zero attached hydrogens (tertiary/aromatic N) is 1. The molecule has 1 atom stereocenters. The number of benzene rings is 2. The summed E-state index contributed by atoms with van der Waals surface area (Å²) < 4.78 is 10.9. The van der Waals surface area contributed by atoms with Crippen LogP contribution in [-0.4, -0.2) is 37.7 Å². The summed E-state index contributed by atoms with van der Waals surface area (Å²) in [5, 5.41) is 3.62. The maximum absolute atomic E-state index is 13.3. The van der Waals surface area contributed by atoms with E-state index >= 15 is 0 Å². The number of anilines is 1. The Morgan fingerprint density at radius 3 is 2.59 bits per heavy atom. The third kappa shape index (κ3) is 3.55. The number of para-hydroxylation sites is 1. The lowest BCUT2D eigenvalue weighted by atomic mass is 9.89. The largest absolute Gasteiger partial charge is 0.490 e. The standard InChI is InChI=1S/C22H26N2O3/c1-4-15-27-18-12-10-17(11-13-18)22(5-2)23-20-9-7-6-8-19(20)21(25)24(22)14-16-26-3/h4,6-13,23H,1,5,14-16H2,2-3H3. The van der Waals surface area contributed by atoms with E-state index in [0.717, 1.165) is 17.0 Å². The van der Waals surface area contributed by atoms with Gasteiger partial charge in [-0.15, -0.1) is 0 Å². The van der Waals surface area contributed by atoms with Crippen LogP contribution in [0.5, 0.6) is 5.75 Å². The Labute approximate surface area is 160 Å². The van der Waals surface area contributed by atoms with E-state index in [9.17, 15) is 4.79 Å². The van der Waals surface area contributed by atoms with Crippen LogP contribution in [0.3, 0.4) is 0 Å². The number of methoxy groups -OCH3 is 1. The molecule has 1 N–H and O–H groups in total. The van der Waals surface area contributed by atoms with Crippen molar-refractivity contribution in [2.75, 3.05) is 32.2 Å². The molecule has 1 heterocycles. The van der Waals surface area contributed by atoms with Crippen molar-refractivity contribution < 1.29 is 14.3 Å². The number of amides is 1. The Morgan fingerprint density at radius 1 is 1.19 bits per heavy atom. The van der Waals surface area contributed by atoms with Crippen molar-refractivity contribution in [3.8, 4) is 5.75 Å². The van der Waals surface area contributed by atoms with Gasteiger partial charge in [-0.25, -0.2) is 0 Å². The number of ether oxygens (including phenoxy) is 2. The summed E-state index contributed by atoms with van der Waals surface area (Å²) in [6.07, 6.45) is 2.43. The first kappa shape index (κ1) is 19.0. The molecule has 5 heteroatoms. The Balaban J connectivity index is 2.03. The highest BCUT2D eigenvalue weighted by Gasteiger charge is 2.44. The van der Waals surface area contributed by atoms with E-state index in [0.29, 0.717) is 31.7 Å². The van der Waals surface area contributed by atoms with Crippen LogP contribution >= 0.6 is 0 Å². The number of carbonyl (C=O) groups excluding carboxylic acids is 1.